The molecular formula is C11H18N2O3. The Hall–Kier alpha value is -1.28. The Bertz CT molecular complexity index is 291. The van der Waals surface area contributed by atoms with Gasteiger partial charge in [0.15, 0.2) is 0 Å². The van der Waals surface area contributed by atoms with Crippen LogP contribution in [0, 0.1) is 11.3 Å². The molecule has 1 rings (SSSR count). The first kappa shape index (κ1) is 12.8. The highest BCUT2D eigenvalue weighted by atomic mass is 16.6. The normalized spacial score (nSPS) is 21.4. The summed E-state index contributed by atoms with van der Waals surface area (Å²) in [7, 11) is 0. The van der Waals surface area contributed by atoms with Gasteiger partial charge >= 0.3 is 6.09 Å². The van der Waals surface area contributed by atoms with Crippen LogP contribution in [0.2, 0.25) is 0 Å². The molecule has 1 saturated heterocycles. The second kappa shape index (κ2) is 5.17. The third-order valence-electron chi connectivity index (χ3n) is 2.11. The fraction of sp³-hybridized carbons (Fsp3) is 0.818. The zero-order valence-electron chi connectivity index (χ0n) is 10.0. The fourth-order valence-corrected chi connectivity index (χ4v) is 1.44. The summed E-state index contributed by atoms with van der Waals surface area (Å²) in [5.74, 6) is 0. The Kier molecular flexibility index (Phi) is 4.13. The summed E-state index contributed by atoms with van der Waals surface area (Å²) in [6, 6.07) is 2.04. The van der Waals surface area contributed by atoms with Crippen LogP contribution in [0.5, 0.6) is 0 Å². The number of rotatable bonds is 1. The van der Waals surface area contributed by atoms with Gasteiger partial charge in [0.05, 0.1) is 31.7 Å². The maximum Gasteiger partial charge on any atom is 0.410 e. The number of nitriles is 1. The smallest absolute Gasteiger partial charge is 0.410 e. The Labute approximate surface area is 95.9 Å². The van der Waals surface area contributed by atoms with Crippen LogP contribution >= 0.6 is 0 Å². The Morgan fingerprint density at radius 1 is 1.62 bits per heavy atom. The molecule has 0 aromatic carbocycles. The van der Waals surface area contributed by atoms with Crippen LogP contribution in [0.25, 0.3) is 0 Å². The van der Waals surface area contributed by atoms with Crippen LogP contribution in [-0.2, 0) is 9.47 Å². The monoisotopic (exact) mass is 226 g/mol. The fourth-order valence-electron chi connectivity index (χ4n) is 1.44. The molecule has 1 amide bonds. The molecule has 0 N–H and O–H groups in total. The third kappa shape index (κ3) is 4.07. The van der Waals surface area contributed by atoms with Gasteiger partial charge in [-0.1, -0.05) is 0 Å². The largest absolute Gasteiger partial charge is 0.444 e. The van der Waals surface area contributed by atoms with Gasteiger partial charge in [-0.3, -0.25) is 0 Å². The Morgan fingerprint density at radius 3 is 2.88 bits per heavy atom. The van der Waals surface area contributed by atoms with E-state index in [0.717, 1.165) is 0 Å². The average Bonchev–Trinajstić information content (AvgIpc) is 2.16. The van der Waals surface area contributed by atoms with E-state index in [-0.39, 0.29) is 12.2 Å². The zero-order chi connectivity index (χ0) is 12.2. The van der Waals surface area contributed by atoms with E-state index >= 15 is 0 Å². The van der Waals surface area contributed by atoms with E-state index in [2.05, 4.69) is 0 Å². The lowest BCUT2D eigenvalue weighted by Crippen LogP contribution is -2.47. The summed E-state index contributed by atoms with van der Waals surface area (Å²) in [4.78, 5) is 13.3. The number of hydrogen-bond donors (Lipinski definition) is 0. The quantitative estimate of drug-likeness (QED) is 0.680. The second-order valence-electron chi connectivity index (χ2n) is 4.78. The Balaban J connectivity index is 2.48. The van der Waals surface area contributed by atoms with Crippen LogP contribution in [0.15, 0.2) is 0 Å². The molecule has 5 heteroatoms. The summed E-state index contributed by atoms with van der Waals surface area (Å²) in [6.45, 7) is 6.92. The van der Waals surface area contributed by atoms with E-state index in [1.165, 1.54) is 0 Å². The summed E-state index contributed by atoms with van der Waals surface area (Å²) in [5.41, 5.74) is -0.486. The minimum atomic E-state index is -0.486. The summed E-state index contributed by atoms with van der Waals surface area (Å²) in [5, 5.41) is 8.57. The molecule has 0 unspecified atom stereocenters. The van der Waals surface area contributed by atoms with Crippen molar-refractivity contribution in [3.05, 3.63) is 0 Å². The van der Waals surface area contributed by atoms with Crippen molar-refractivity contribution < 1.29 is 14.3 Å². The first-order chi connectivity index (χ1) is 7.42. The van der Waals surface area contributed by atoms with E-state index in [4.69, 9.17) is 14.7 Å². The standard InChI is InChI=1S/C11H18N2O3/c1-11(2,3)16-10(14)13-6-7-15-9(8-13)4-5-12/h9H,4,6-8H2,1-3H3/t9-/m1/s1. The summed E-state index contributed by atoms with van der Waals surface area (Å²) >= 11 is 0. The minimum absolute atomic E-state index is 0.189. The highest BCUT2D eigenvalue weighted by molar-refractivity contribution is 5.68. The van der Waals surface area contributed by atoms with Crippen molar-refractivity contribution in [2.75, 3.05) is 19.7 Å². The third-order valence-corrected chi connectivity index (χ3v) is 2.11. The number of hydrogen-bond acceptors (Lipinski definition) is 4. The lowest BCUT2D eigenvalue weighted by Gasteiger charge is -2.33. The van der Waals surface area contributed by atoms with Gasteiger partial charge in [-0.05, 0) is 20.8 Å². The van der Waals surface area contributed by atoms with Crippen LogP contribution < -0.4 is 0 Å². The van der Waals surface area contributed by atoms with Crippen molar-refractivity contribution in [1.29, 1.82) is 5.26 Å². The van der Waals surface area contributed by atoms with Crippen molar-refractivity contribution in [2.45, 2.75) is 38.9 Å². The van der Waals surface area contributed by atoms with Crippen molar-refractivity contribution in [2.24, 2.45) is 0 Å². The van der Waals surface area contributed by atoms with Crippen molar-refractivity contribution >= 4 is 6.09 Å². The van der Waals surface area contributed by atoms with Crippen molar-refractivity contribution in [3.63, 3.8) is 0 Å². The maximum absolute atomic E-state index is 11.7. The minimum Gasteiger partial charge on any atom is -0.444 e. The van der Waals surface area contributed by atoms with Crippen LogP contribution in [0.3, 0.4) is 0 Å². The molecule has 0 aromatic heterocycles. The molecule has 0 aliphatic carbocycles. The van der Waals surface area contributed by atoms with Gasteiger partial charge in [0.25, 0.3) is 0 Å². The van der Waals surface area contributed by atoms with E-state index in [1.54, 1.807) is 4.90 Å². The van der Waals surface area contributed by atoms with Gasteiger partial charge in [-0.15, -0.1) is 0 Å². The molecule has 0 aromatic rings. The van der Waals surface area contributed by atoms with Crippen molar-refractivity contribution in [3.8, 4) is 6.07 Å². The molecular weight excluding hydrogens is 208 g/mol. The summed E-state index contributed by atoms with van der Waals surface area (Å²) in [6.07, 6.45) is -0.218. The number of nitrogens with zero attached hydrogens (tertiary/aromatic N) is 2. The van der Waals surface area contributed by atoms with E-state index in [0.29, 0.717) is 26.1 Å². The second-order valence-corrected chi connectivity index (χ2v) is 4.78. The van der Waals surface area contributed by atoms with Gasteiger partial charge in [0, 0.05) is 6.54 Å². The number of carbonyl (C=O) groups is 1. The van der Waals surface area contributed by atoms with Gasteiger partial charge in [-0.2, -0.15) is 5.26 Å². The molecule has 1 aliphatic rings. The molecule has 1 atom stereocenters. The van der Waals surface area contributed by atoms with Crippen LogP contribution in [0.1, 0.15) is 27.2 Å². The average molecular weight is 226 g/mol. The molecule has 1 heterocycles. The predicted molar refractivity (Wildman–Crippen MR) is 57.8 cm³/mol. The molecule has 90 valence electrons. The van der Waals surface area contributed by atoms with Gasteiger partial charge in [0.2, 0.25) is 0 Å². The first-order valence-corrected chi connectivity index (χ1v) is 5.39. The van der Waals surface area contributed by atoms with Gasteiger partial charge in [-0.25, -0.2) is 4.79 Å². The molecule has 16 heavy (non-hydrogen) atoms. The Morgan fingerprint density at radius 2 is 2.31 bits per heavy atom. The lowest BCUT2D eigenvalue weighted by molar-refractivity contribution is -0.0400. The van der Waals surface area contributed by atoms with Gasteiger partial charge in [0.1, 0.15) is 5.60 Å². The van der Waals surface area contributed by atoms with E-state index in [9.17, 15) is 4.79 Å². The van der Waals surface area contributed by atoms with Crippen LogP contribution in [0.4, 0.5) is 4.79 Å². The topological polar surface area (TPSA) is 62.6 Å². The molecule has 1 fully saturated rings. The first-order valence-electron chi connectivity index (χ1n) is 5.39. The SMILES string of the molecule is CC(C)(C)OC(=O)N1CCO[C@H](CC#N)C1. The van der Waals surface area contributed by atoms with E-state index < -0.39 is 5.60 Å². The summed E-state index contributed by atoms with van der Waals surface area (Å²) < 4.78 is 10.6. The molecule has 0 spiro atoms. The number of ether oxygens (including phenoxy) is 2. The molecule has 1 aliphatic heterocycles. The predicted octanol–water partition coefficient (Wildman–Crippen LogP) is 1.54. The van der Waals surface area contributed by atoms with Gasteiger partial charge < -0.3 is 14.4 Å². The number of amides is 1. The lowest BCUT2D eigenvalue weighted by atomic mass is 10.2. The zero-order valence-corrected chi connectivity index (χ0v) is 10.0. The van der Waals surface area contributed by atoms with E-state index in [1.807, 2.05) is 26.8 Å². The molecule has 0 radical (unpaired) electrons. The molecule has 5 nitrogen and oxygen atoms in total. The number of carbonyl (C=O) groups excluding carboxylic acids is 1. The number of morpholine rings is 1. The van der Waals surface area contributed by atoms with Crippen LogP contribution in [-0.4, -0.2) is 42.4 Å². The van der Waals surface area contributed by atoms with Crippen molar-refractivity contribution in [1.82, 2.24) is 4.90 Å². The highest BCUT2D eigenvalue weighted by Gasteiger charge is 2.27. The molecule has 0 saturated carbocycles. The highest BCUT2D eigenvalue weighted by Crippen LogP contribution is 2.14. The molecule has 0 bridgehead atoms. The maximum atomic E-state index is 11.7.